The lowest BCUT2D eigenvalue weighted by molar-refractivity contribution is 0.0892. The predicted octanol–water partition coefficient (Wildman–Crippen LogP) is 8.96. The minimum atomic E-state index is -4.59. The first-order valence-electron chi connectivity index (χ1n) is 18.6. The fourth-order valence-corrected chi connectivity index (χ4v) is 6.36. The summed E-state index contributed by atoms with van der Waals surface area (Å²) in [6.45, 7) is 6.37. The number of carbonyl (C=O) groups is 4. The minimum Gasteiger partial charge on any atom is -0.507 e. The molecule has 0 fully saturated rings. The lowest BCUT2D eigenvalue weighted by atomic mass is 9.86. The molecule has 0 amide bonds. The summed E-state index contributed by atoms with van der Waals surface area (Å²) in [6, 6.07) is 37.7. The molecule has 12 nitrogen and oxygen atoms in total. The quantitative estimate of drug-likeness (QED) is 0.0603. The summed E-state index contributed by atoms with van der Waals surface area (Å²) >= 11 is 0. The third kappa shape index (κ3) is 12.7. The molecule has 0 radical (unpaired) electrons. The van der Waals surface area contributed by atoms with Gasteiger partial charge in [0.15, 0.2) is 23.1 Å². The van der Waals surface area contributed by atoms with Crippen molar-refractivity contribution < 1.29 is 56.6 Å². The van der Waals surface area contributed by atoms with Gasteiger partial charge in [0.05, 0.1) is 38.9 Å². The number of hydrogen-bond donors (Lipinski definition) is 3. The number of methoxy groups -OCH3 is 3. The number of rotatable bonds is 12. The highest BCUT2D eigenvalue weighted by Gasteiger charge is 2.24. The van der Waals surface area contributed by atoms with Crippen molar-refractivity contribution in [2.75, 3.05) is 21.3 Å². The van der Waals surface area contributed by atoms with Crippen molar-refractivity contribution in [1.29, 1.82) is 0 Å². The van der Waals surface area contributed by atoms with Crippen LogP contribution in [-0.2, 0) is 15.5 Å². The van der Waals surface area contributed by atoms with E-state index >= 15 is 0 Å². The van der Waals surface area contributed by atoms with Gasteiger partial charge in [-0.2, -0.15) is 8.42 Å². The van der Waals surface area contributed by atoms with E-state index < -0.39 is 26.5 Å². The van der Waals surface area contributed by atoms with Crippen LogP contribution in [0.5, 0.6) is 28.7 Å². The number of aromatic hydroxyl groups is 2. The topological polar surface area (TPSA) is 191 Å². The van der Waals surface area contributed by atoms with Crippen molar-refractivity contribution >= 4 is 33.3 Å². The average Bonchev–Trinajstić information content (AvgIpc) is 3.26. The molecule has 6 rings (SSSR count). The number of hydrogen-bond acceptors (Lipinski definition) is 11. The molecule has 0 saturated carbocycles. The Balaban J connectivity index is 0.000000204. The largest absolute Gasteiger partial charge is 0.507 e. The van der Waals surface area contributed by atoms with Gasteiger partial charge in [0.25, 0.3) is 10.1 Å². The minimum absolute atomic E-state index is 0.0422. The Hall–Kier alpha value is -7.09. The molecule has 6 aromatic carbocycles. The van der Waals surface area contributed by atoms with Gasteiger partial charge in [-0.25, -0.2) is 0 Å². The second-order valence-corrected chi connectivity index (χ2v) is 15.7. The second kappa shape index (κ2) is 20.7. The van der Waals surface area contributed by atoms with Gasteiger partial charge >= 0.3 is 0 Å². The molecular formula is C48H46O12S. The van der Waals surface area contributed by atoms with Crippen molar-refractivity contribution in [1.82, 2.24) is 0 Å². The summed E-state index contributed by atoms with van der Waals surface area (Å²) in [7, 11) is -0.328. The average molecular weight is 847 g/mol. The van der Waals surface area contributed by atoms with E-state index in [1.807, 2.05) is 18.2 Å². The van der Waals surface area contributed by atoms with Gasteiger partial charge in [0.1, 0.15) is 33.6 Å². The number of carbonyl (C=O) groups excluding carboxylic acids is 4. The number of phenolic OH excluding ortho intramolecular Hbond substituents is 2. The van der Waals surface area contributed by atoms with Crippen LogP contribution in [0.2, 0.25) is 0 Å². The maximum Gasteiger partial charge on any atom is 0.298 e. The molecule has 0 unspecified atom stereocenters. The molecule has 0 aliphatic rings. The molecule has 0 heterocycles. The lowest BCUT2D eigenvalue weighted by Gasteiger charge is -2.18. The molecule has 0 aromatic heterocycles. The highest BCUT2D eigenvalue weighted by atomic mass is 32.2. The van der Waals surface area contributed by atoms with E-state index in [9.17, 15) is 37.8 Å². The fraction of sp³-hybridized carbons (Fsp3) is 0.167. The van der Waals surface area contributed by atoms with E-state index in [0.29, 0.717) is 28.2 Å². The van der Waals surface area contributed by atoms with Gasteiger partial charge in [-0.05, 0) is 53.4 Å². The van der Waals surface area contributed by atoms with E-state index in [1.54, 1.807) is 98.1 Å². The zero-order valence-electron chi connectivity index (χ0n) is 34.4. The van der Waals surface area contributed by atoms with Crippen molar-refractivity contribution in [3.8, 4) is 28.7 Å². The Bertz CT molecular complexity index is 2580. The molecule has 0 atom stereocenters. The molecule has 0 saturated heterocycles. The van der Waals surface area contributed by atoms with Crippen LogP contribution in [0, 0.1) is 0 Å². The zero-order chi connectivity index (χ0) is 44.9. The molecule has 61 heavy (non-hydrogen) atoms. The Morgan fingerprint density at radius 2 is 0.967 bits per heavy atom. The third-order valence-electron chi connectivity index (χ3n) is 9.13. The zero-order valence-corrected chi connectivity index (χ0v) is 35.2. The molecule has 0 aliphatic heterocycles. The van der Waals surface area contributed by atoms with Gasteiger partial charge in [0.2, 0.25) is 0 Å². The first-order valence-corrected chi connectivity index (χ1v) is 20.1. The molecule has 6 aromatic rings. The Kier molecular flexibility index (Phi) is 15.8. The van der Waals surface area contributed by atoms with Gasteiger partial charge in [-0.15, -0.1) is 0 Å². The molecule has 0 aliphatic carbocycles. The van der Waals surface area contributed by atoms with Crippen LogP contribution in [0.15, 0.2) is 144 Å². The molecule has 13 heteroatoms. The van der Waals surface area contributed by atoms with Crippen LogP contribution in [-0.4, -0.2) is 67.6 Å². The van der Waals surface area contributed by atoms with Crippen LogP contribution in [0.25, 0.3) is 0 Å². The van der Waals surface area contributed by atoms with E-state index in [-0.39, 0.29) is 57.4 Å². The number of ketones is 4. The highest BCUT2D eigenvalue weighted by molar-refractivity contribution is 7.86. The van der Waals surface area contributed by atoms with Crippen LogP contribution in [0.1, 0.15) is 85.3 Å². The molecule has 0 bridgehead atoms. The van der Waals surface area contributed by atoms with E-state index in [0.717, 1.165) is 17.7 Å². The summed E-state index contributed by atoms with van der Waals surface area (Å²) in [5, 5.41) is 19.6. The SMILES string of the molecule is COc1cc(O)c(C(=O)c2ccccc2)cc1S(=O)(=O)O.COc1ccc(C(=O)CC(=O)c2ccc(C(C)(C)C)cc2)cc1.COc1ccc(C(=O)c2ccccc2)c(O)c1. The van der Waals surface area contributed by atoms with Crippen LogP contribution in [0.4, 0.5) is 0 Å². The first-order chi connectivity index (χ1) is 28.9. The van der Waals surface area contributed by atoms with E-state index in [1.165, 1.54) is 32.4 Å². The van der Waals surface area contributed by atoms with Gasteiger partial charge < -0.3 is 24.4 Å². The number of ether oxygens (including phenoxy) is 3. The number of phenols is 2. The molecule has 3 N–H and O–H groups in total. The summed E-state index contributed by atoms with van der Waals surface area (Å²) < 4.78 is 46.6. The van der Waals surface area contributed by atoms with Crippen molar-refractivity contribution in [2.45, 2.75) is 37.5 Å². The molecular weight excluding hydrogens is 801 g/mol. The number of benzene rings is 6. The Morgan fingerprint density at radius 1 is 0.525 bits per heavy atom. The predicted molar refractivity (Wildman–Crippen MR) is 230 cm³/mol. The fourth-order valence-electron chi connectivity index (χ4n) is 5.70. The summed E-state index contributed by atoms with van der Waals surface area (Å²) in [6.07, 6.45) is -0.124. The van der Waals surface area contributed by atoms with Crippen LogP contribution < -0.4 is 14.2 Å². The third-order valence-corrected chi connectivity index (χ3v) is 10.0. The molecule has 316 valence electrons. The highest BCUT2D eigenvalue weighted by Crippen LogP contribution is 2.33. The van der Waals surface area contributed by atoms with Crippen molar-refractivity contribution in [3.63, 3.8) is 0 Å². The summed E-state index contributed by atoms with van der Waals surface area (Å²) in [4.78, 5) is 48.2. The normalized spacial score (nSPS) is 10.8. The second-order valence-electron chi connectivity index (χ2n) is 14.3. The van der Waals surface area contributed by atoms with Crippen LogP contribution >= 0.6 is 0 Å². The van der Waals surface area contributed by atoms with Gasteiger partial charge in [-0.3, -0.25) is 23.7 Å². The standard InChI is InChI=1S/C20H22O3.C14H12O6S.C14H12O3/c1-20(2,3)16-9-5-14(6-10-16)18(21)13-19(22)15-7-11-17(23-4)12-8-15;1-20-12-8-11(15)10(7-13(12)21(17,18)19)14(16)9-5-3-2-4-6-9;1-17-11-7-8-12(13(15)9-11)14(16)10-5-3-2-4-6-10/h5-12H,13H2,1-4H3;2-8,15H,1H3,(H,17,18,19);2-9,15H,1H3. The van der Waals surface area contributed by atoms with Gasteiger partial charge in [-0.1, -0.05) is 106 Å². The van der Waals surface area contributed by atoms with E-state index in [4.69, 9.17) is 18.8 Å². The molecule has 0 spiro atoms. The maximum absolute atomic E-state index is 12.3. The van der Waals surface area contributed by atoms with Gasteiger partial charge in [0, 0.05) is 34.4 Å². The van der Waals surface area contributed by atoms with Crippen molar-refractivity contribution in [3.05, 3.63) is 178 Å². The monoisotopic (exact) mass is 846 g/mol. The van der Waals surface area contributed by atoms with Crippen LogP contribution in [0.3, 0.4) is 0 Å². The van der Waals surface area contributed by atoms with E-state index in [2.05, 4.69) is 20.8 Å². The Morgan fingerprint density at radius 3 is 1.39 bits per heavy atom. The maximum atomic E-state index is 12.3. The summed E-state index contributed by atoms with van der Waals surface area (Å²) in [5.74, 6) is -0.668. The first kappa shape index (κ1) is 46.6. The smallest absolute Gasteiger partial charge is 0.298 e. The summed E-state index contributed by atoms with van der Waals surface area (Å²) in [5.41, 5.74) is 3.15. The number of Topliss-reactive ketones (excluding diaryl/α,β-unsaturated/α-hetero) is 2. The lowest BCUT2D eigenvalue weighted by Crippen LogP contribution is -2.12. The Labute approximate surface area is 354 Å². The van der Waals surface area contributed by atoms with Crippen molar-refractivity contribution in [2.24, 2.45) is 0 Å².